The maximum absolute atomic E-state index is 11.2. The van der Waals surface area contributed by atoms with Gasteiger partial charge in [-0.3, -0.25) is 0 Å². The molecule has 0 bridgehead atoms. The number of carboxylic acids is 1. The monoisotopic (exact) mass is 266 g/mol. The molecule has 7 heteroatoms. The number of aryl methyl sites for hydroxylation is 1. The van der Waals surface area contributed by atoms with Gasteiger partial charge in [0, 0.05) is 19.0 Å². The van der Waals surface area contributed by atoms with Crippen LogP contribution in [0.15, 0.2) is 6.07 Å². The number of rotatable bonds is 3. The van der Waals surface area contributed by atoms with Gasteiger partial charge < -0.3 is 26.6 Å². The normalized spacial score (nSPS) is 22.7. The van der Waals surface area contributed by atoms with E-state index < -0.39 is 18.1 Å². The second kappa shape index (κ2) is 4.93. The average molecular weight is 266 g/mol. The van der Waals surface area contributed by atoms with Crippen LogP contribution in [0.3, 0.4) is 0 Å². The van der Waals surface area contributed by atoms with Gasteiger partial charge in [0.2, 0.25) is 0 Å². The maximum atomic E-state index is 11.2. The zero-order valence-corrected chi connectivity index (χ0v) is 10.7. The van der Waals surface area contributed by atoms with Crippen LogP contribution in [-0.4, -0.2) is 39.9 Å². The Morgan fingerprint density at radius 3 is 2.84 bits per heavy atom. The molecule has 0 spiro atoms. The third kappa shape index (κ3) is 2.41. The van der Waals surface area contributed by atoms with E-state index in [1.807, 2.05) is 6.92 Å². The molecule has 0 aromatic carbocycles. The van der Waals surface area contributed by atoms with E-state index in [0.717, 1.165) is 0 Å². The SMILES string of the molecule is CCc1nc(N2CC(O)CC2C(=O)O)cc(N)c1N. The molecule has 6 N–H and O–H groups in total. The fourth-order valence-electron chi connectivity index (χ4n) is 2.33. The van der Waals surface area contributed by atoms with Gasteiger partial charge in [0.05, 0.1) is 23.2 Å². The molecule has 2 rings (SSSR count). The van der Waals surface area contributed by atoms with E-state index in [0.29, 0.717) is 29.3 Å². The van der Waals surface area contributed by atoms with Gasteiger partial charge in [-0.15, -0.1) is 0 Å². The zero-order valence-electron chi connectivity index (χ0n) is 10.7. The van der Waals surface area contributed by atoms with Gasteiger partial charge in [0.15, 0.2) is 0 Å². The number of aliphatic hydroxyl groups is 1. The predicted octanol–water partition coefficient (Wildman–Crippen LogP) is -0.167. The molecule has 7 nitrogen and oxygen atoms in total. The summed E-state index contributed by atoms with van der Waals surface area (Å²) in [4.78, 5) is 17.1. The molecule has 19 heavy (non-hydrogen) atoms. The van der Waals surface area contributed by atoms with E-state index in [1.165, 1.54) is 0 Å². The van der Waals surface area contributed by atoms with Crippen molar-refractivity contribution in [2.75, 3.05) is 22.9 Å². The van der Waals surface area contributed by atoms with Crippen molar-refractivity contribution in [3.63, 3.8) is 0 Å². The van der Waals surface area contributed by atoms with Crippen LogP contribution in [0, 0.1) is 0 Å². The van der Waals surface area contributed by atoms with Crippen LogP contribution in [0.25, 0.3) is 0 Å². The maximum Gasteiger partial charge on any atom is 0.326 e. The molecule has 2 heterocycles. The first-order valence-electron chi connectivity index (χ1n) is 6.16. The highest BCUT2D eigenvalue weighted by Crippen LogP contribution is 2.29. The van der Waals surface area contributed by atoms with Crippen molar-refractivity contribution in [2.24, 2.45) is 0 Å². The minimum Gasteiger partial charge on any atom is -0.480 e. The molecule has 2 atom stereocenters. The number of carboxylic acid groups (broad SMARTS) is 1. The van der Waals surface area contributed by atoms with Gasteiger partial charge in [-0.25, -0.2) is 9.78 Å². The van der Waals surface area contributed by atoms with Crippen molar-refractivity contribution in [2.45, 2.75) is 31.9 Å². The largest absolute Gasteiger partial charge is 0.480 e. The molecule has 1 saturated heterocycles. The highest BCUT2D eigenvalue weighted by atomic mass is 16.4. The minimum atomic E-state index is -0.980. The second-order valence-corrected chi connectivity index (χ2v) is 4.68. The fraction of sp³-hybridized carbons (Fsp3) is 0.500. The summed E-state index contributed by atoms with van der Waals surface area (Å²) in [6, 6.07) is 0.776. The average Bonchev–Trinajstić information content (AvgIpc) is 2.75. The number of carbonyl (C=O) groups is 1. The van der Waals surface area contributed by atoms with Crippen molar-refractivity contribution in [3.8, 4) is 0 Å². The first-order chi connectivity index (χ1) is 8.93. The summed E-state index contributed by atoms with van der Waals surface area (Å²) in [5, 5.41) is 18.8. The first-order valence-corrected chi connectivity index (χ1v) is 6.16. The van der Waals surface area contributed by atoms with Crippen molar-refractivity contribution >= 4 is 23.2 Å². The number of hydrogen-bond donors (Lipinski definition) is 4. The first kappa shape index (κ1) is 13.4. The van der Waals surface area contributed by atoms with E-state index >= 15 is 0 Å². The summed E-state index contributed by atoms with van der Waals surface area (Å²) in [6.45, 7) is 2.13. The van der Waals surface area contributed by atoms with Crippen molar-refractivity contribution in [3.05, 3.63) is 11.8 Å². The minimum absolute atomic E-state index is 0.183. The van der Waals surface area contributed by atoms with Crippen LogP contribution >= 0.6 is 0 Å². The molecule has 0 saturated carbocycles. The van der Waals surface area contributed by atoms with Crippen molar-refractivity contribution in [1.82, 2.24) is 4.98 Å². The number of hydrogen-bond acceptors (Lipinski definition) is 6. The summed E-state index contributed by atoms with van der Waals surface area (Å²) in [5.41, 5.74) is 13.1. The molecule has 104 valence electrons. The van der Waals surface area contributed by atoms with E-state index in [9.17, 15) is 15.0 Å². The zero-order chi connectivity index (χ0) is 14.2. The van der Waals surface area contributed by atoms with Crippen molar-refractivity contribution < 1.29 is 15.0 Å². The predicted molar refractivity (Wildman–Crippen MR) is 71.8 cm³/mol. The molecule has 1 aromatic rings. The van der Waals surface area contributed by atoms with E-state index in [-0.39, 0.29) is 13.0 Å². The van der Waals surface area contributed by atoms with Crippen LogP contribution < -0.4 is 16.4 Å². The van der Waals surface area contributed by atoms with E-state index in [4.69, 9.17) is 11.5 Å². The number of pyridine rings is 1. The number of β-amino-alcohol motifs (C(OH)–C–C–N with tert-alkyl or cyclic N) is 1. The smallest absolute Gasteiger partial charge is 0.326 e. The van der Waals surface area contributed by atoms with Gasteiger partial charge in [-0.05, 0) is 6.42 Å². The Bertz CT molecular complexity index is 506. The quantitative estimate of drug-likeness (QED) is 0.598. The lowest BCUT2D eigenvalue weighted by Gasteiger charge is -2.23. The molecule has 0 radical (unpaired) electrons. The Labute approximate surface area is 110 Å². The summed E-state index contributed by atoms with van der Waals surface area (Å²) in [6.07, 6.45) is 0.118. The summed E-state index contributed by atoms with van der Waals surface area (Å²) < 4.78 is 0. The molecule has 1 fully saturated rings. The summed E-state index contributed by atoms with van der Waals surface area (Å²) in [7, 11) is 0. The number of nitrogen functional groups attached to an aromatic ring is 2. The molecular formula is C12H18N4O3. The van der Waals surface area contributed by atoms with Crippen molar-refractivity contribution in [1.29, 1.82) is 0 Å². The van der Waals surface area contributed by atoms with Gasteiger partial charge in [-0.1, -0.05) is 6.92 Å². The Hall–Kier alpha value is -2.02. The molecule has 0 amide bonds. The lowest BCUT2D eigenvalue weighted by atomic mass is 10.2. The lowest BCUT2D eigenvalue weighted by Crippen LogP contribution is -2.36. The van der Waals surface area contributed by atoms with E-state index in [1.54, 1.807) is 11.0 Å². The number of aliphatic hydroxyl groups excluding tert-OH is 1. The highest BCUT2D eigenvalue weighted by molar-refractivity contribution is 5.80. The lowest BCUT2D eigenvalue weighted by molar-refractivity contribution is -0.138. The van der Waals surface area contributed by atoms with Crippen LogP contribution in [0.4, 0.5) is 17.2 Å². The van der Waals surface area contributed by atoms with E-state index in [2.05, 4.69) is 4.98 Å². The molecular weight excluding hydrogens is 248 g/mol. The molecule has 1 aliphatic heterocycles. The summed E-state index contributed by atoms with van der Waals surface area (Å²) >= 11 is 0. The molecule has 1 aliphatic rings. The Balaban J connectivity index is 2.40. The number of aromatic nitrogens is 1. The molecule has 0 aliphatic carbocycles. The highest BCUT2D eigenvalue weighted by Gasteiger charge is 2.37. The number of nitrogens with zero attached hydrogens (tertiary/aromatic N) is 2. The van der Waals surface area contributed by atoms with Crippen LogP contribution in [0.2, 0.25) is 0 Å². The number of nitrogens with two attached hydrogens (primary N) is 2. The van der Waals surface area contributed by atoms with Crippen LogP contribution in [0.1, 0.15) is 19.0 Å². The summed E-state index contributed by atoms with van der Waals surface area (Å²) in [5.74, 6) is -0.528. The Kier molecular flexibility index (Phi) is 3.48. The molecule has 2 unspecified atom stereocenters. The van der Waals surface area contributed by atoms with Gasteiger partial charge in [0.25, 0.3) is 0 Å². The number of anilines is 3. The topological polar surface area (TPSA) is 126 Å². The number of aliphatic carboxylic acids is 1. The Morgan fingerprint density at radius 1 is 1.58 bits per heavy atom. The van der Waals surface area contributed by atoms with Gasteiger partial charge >= 0.3 is 5.97 Å². The third-order valence-electron chi connectivity index (χ3n) is 3.35. The van der Waals surface area contributed by atoms with Crippen LogP contribution in [-0.2, 0) is 11.2 Å². The second-order valence-electron chi connectivity index (χ2n) is 4.68. The van der Waals surface area contributed by atoms with Crippen LogP contribution in [0.5, 0.6) is 0 Å². The Morgan fingerprint density at radius 2 is 2.26 bits per heavy atom. The van der Waals surface area contributed by atoms with Gasteiger partial charge in [0.1, 0.15) is 11.9 Å². The third-order valence-corrected chi connectivity index (χ3v) is 3.35. The van der Waals surface area contributed by atoms with Gasteiger partial charge in [-0.2, -0.15) is 0 Å². The standard InChI is InChI=1S/C12H18N4O3/c1-2-8-11(14)7(13)4-10(15-8)16-5-6(17)3-9(16)12(18)19/h4,6,9,17H,2-3,5,14H2,1H3,(H2,13,15)(H,18,19). The fourth-order valence-corrected chi connectivity index (χ4v) is 2.33. The molecule has 1 aromatic heterocycles.